The van der Waals surface area contributed by atoms with Crippen molar-refractivity contribution in [2.24, 2.45) is 5.73 Å². The van der Waals surface area contributed by atoms with Crippen LogP contribution in [0.1, 0.15) is 31.2 Å². The summed E-state index contributed by atoms with van der Waals surface area (Å²) in [6.07, 6.45) is 8.39. The smallest absolute Gasteiger partial charge is 0.0962 e. The van der Waals surface area contributed by atoms with E-state index in [1.54, 1.807) is 0 Å². The van der Waals surface area contributed by atoms with Gasteiger partial charge in [-0.25, -0.2) is 4.98 Å². The lowest BCUT2D eigenvalue weighted by Gasteiger charge is -2.07. The Morgan fingerprint density at radius 2 is 2.13 bits per heavy atom. The molecule has 1 fully saturated rings. The third-order valence-corrected chi connectivity index (χ3v) is 4.11. The summed E-state index contributed by atoms with van der Waals surface area (Å²) in [4.78, 5) is 4.47. The molecule has 82 valence electrons. The van der Waals surface area contributed by atoms with E-state index in [1.807, 2.05) is 18.0 Å². The van der Waals surface area contributed by atoms with Crippen LogP contribution >= 0.6 is 11.8 Å². The van der Waals surface area contributed by atoms with Crippen molar-refractivity contribution < 1.29 is 0 Å². The molecular weight excluding hydrogens is 204 g/mol. The topological polar surface area (TPSA) is 38.9 Å². The highest BCUT2D eigenvalue weighted by Gasteiger charge is 2.16. The summed E-state index contributed by atoms with van der Waals surface area (Å²) in [5.41, 5.74) is 6.74. The van der Waals surface area contributed by atoms with E-state index in [1.165, 1.54) is 36.3 Å². The second-order valence-electron chi connectivity index (χ2n) is 4.07. The number of nitrogens with zero attached hydrogens (tertiary/aromatic N) is 1. The first-order chi connectivity index (χ1) is 7.38. The third kappa shape index (κ3) is 3.21. The van der Waals surface area contributed by atoms with E-state index in [2.05, 4.69) is 17.1 Å². The van der Waals surface area contributed by atoms with Crippen molar-refractivity contribution in [3.8, 4) is 0 Å². The van der Waals surface area contributed by atoms with Crippen LogP contribution in [0.15, 0.2) is 23.4 Å². The first kappa shape index (κ1) is 11.0. The van der Waals surface area contributed by atoms with Gasteiger partial charge in [-0.3, -0.25) is 0 Å². The lowest BCUT2D eigenvalue weighted by atomic mass is 10.2. The molecule has 0 atom stereocenters. The molecule has 1 aromatic rings. The Morgan fingerprint density at radius 1 is 1.33 bits per heavy atom. The van der Waals surface area contributed by atoms with Crippen molar-refractivity contribution in [1.29, 1.82) is 0 Å². The van der Waals surface area contributed by atoms with E-state index < -0.39 is 0 Å². The van der Waals surface area contributed by atoms with Gasteiger partial charge in [0.25, 0.3) is 0 Å². The zero-order chi connectivity index (χ0) is 10.5. The van der Waals surface area contributed by atoms with Gasteiger partial charge in [-0.15, -0.1) is 11.8 Å². The summed E-state index contributed by atoms with van der Waals surface area (Å²) < 4.78 is 0. The van der Waals surface area contributed by atoms with E-state index in [-0.39, 0.29) is 0 Å². The number of pyridine rings is 1. The fraction of sp³-hybridized carbons (Fsp3) is 0.583. The van der Waals surface area contributed by atoms with Gasteiger partial charge in [0.15, 0.2) is 0 Å². The van der Waals surface area contributed by atoms with E-state index in [0.29, 0.717) is 6.54 Å². The molecule has 0 aliphatic heterocycles. The number of nitrogens with two attached hydrogens (primary N) is 1. The minimum atomic E-state index is 0.705. The Labute approximate surface area is 95.7 Å². The maximum Gasteiger partial charge on any atom is 0.0962 e. The number of thioether (sulfide) groups is 1. The number of hydrogen-bond acceptors (Lipinski definition) is 3. The van der Waals surface area contributed by atoms with Crippen molar-refractivity contribution in [2.75, 3.05) is 6.54 Å². The highest BCUT2D eigenvalue weighted by molar-refractivity contribution is 7.99. The summed E-state index contributed by atoms with van der Waals surface area (Å²) in [6, 6.07) is 4.28. The van der Waals surface area contributed by atoms with Gasteiger partial charge in [-0.1, -0.05) is 18.9 Å². The molecule has 1 aliphatic carbocycles. The quantitative estimate of drug-likeness (QED) is 0.851. The zero-order valence-electron chi connectivity index (χ0n) is 8.98. The molecular formula is C12H18N2S. The van der Waals surface area contributed by atoms with Crippen LogP contribution in [0.5, 0.6) is 0 Å². The Kier molecular flexibility index (Phi) is 4.03. The average Bonchev–Trinajstić information content (AvgIpc) is 2.74. The van der Waals surface area contributed by atoms with Gasteiger partial charge in [0.1, 0.15) is 0 Å². The van der Waals surface area contributed by atoms with Crippen LogP contribution in [0.4, 0.5) is 0 Å². The lowest BCUT2D eigenvalue weighted by molar-refractivity contribution is 0.886. The van der Waals surface area contributed by atoms with Crippen molar-refractivity contribution in [3.05, 3.63) is 23.9 Å². The molecule has 0 unspecified atom stereocenters. The zero-order valence-corrected chi connectivity index (χ0v) is 9.80. The number of aromatic nitrogens is 1. The fourth-order valence-corrected chi connectivity index (χ4v) is 3.14. The molecule has 0 amide bonds. The van der Waals surface area contributed by atoms with Gasteiger partial charge in [0.2, 0.25) is 0 Å². The van der Waals surface area contributed by atoms with Gasteiger partial charge in [0.05, 0.1) is 5.03 Å². The summed E-state index contributed by atoms with van der Waals surface area (Å²) in [5.74, 6) is 0. The number of hydrogen-bond donors (Lipinski definition) is 1. The normalized spacial score (nSPS) is 17.1. The van der Waals surface area contributed by atoms with Crippen LogP contribution in [0.25, 0.3) is 0 Å². The van der Waals surface area contributed by atoms with Gasteiger partial charge >= 0.3 is 0 Å². The third-order valence-electron chi connectivity index (χ3n) is 2.82. The van der Waals surface area contributed by atoms with Crippen LogP contribution in [-0.4, -0.2) is 16.8 Å². The molecule has 1 aliphatic rings. The molecule has 2 rings (SSSR count). The standard InChI is InChI=1S/C12H18N2S/c13-8-7-10-5-6-12(14-9-10)15-11-3-1-2-4-11/h5-6,9,11H,1-4,7-8,13H2. The second-order valence-corrected chi connectivity index (χ2v) is 5.39. The fourth-order valence-electron chi connectivity index (χ4n) is 1.97. The molecule has 2 N–H and O–H groups in total. The van der Waals surface area contributed by atoms with Crippen molar-refractivity contribution >= 4 is 11.8 Å². The Hall–Kier alpha value is -0.540. The van der Waals surface area contributed by atoms with Gasteiger partial charge in [0, 0.05) is 11.4 Å². The van der Waals surface area contributed by atoms with Crippen LogP contribution in [0, 0.1) is 0 Å². The molecule has 1 heterocycles. The summed E-state index contributed by atoms with van der Waals surface area (Å²) >= 11 is 1.94. The molecule has 0 bridgehead atoms. The largest absolute Gasteiger partial charge is 0.330 e. The van der Waals surface area contributed by atoms with E-state index >= 15 is 0 Å². The van der Waals surface area contributed by atoms with Gasteiger partial charge < -0.3 is 5.73 Å². The minimum Gasteiger partial charge on any atom is -0.330 e. The molecule has 15 heavy (non-hydrogen) atoms. The minimum absolute atomic E-state index is 0.705. The molecule has 0 aromatic carbocycles. The van der Waals surface area contributed by atoms with Gasteiger partial charge in [-0.2, -0.15) is 0 Å². The van der Waals surface area contributed by atoms with Crippen molar-refractivity contribution in [3.63, 3.8) is 0 Å². The summed E-state index contributed by atoms with van der Waals surface area (Å²) in [6.45, 7) is 0.705. The number of rotatable bonds is 4. The second kappa shape index (κ2) is 5.52. The van der Waals surface area contributed by atoms with Crippen LogP contribution in [0.2, 0.25) is 0 Å². The molecule has 0 spiro atoms. The SMILES string of the molecule is NCCc1ccc(SC2CCCC2)nc1. The summed E-state index contributed by atoms with van der Waals surface area (Å²) in [5, 5.41) is 1.97. The molecule has 0 radical (unpaired) electrons. The van der Waals surface area contributed by atoms with E-state index in [4.69, 9.17) is 5.73 Å². The van der Waals surface area contributed by atoms with E-state index in [9.17, 15) is 0 Å². The highest BCUT2D eigenvalue weighted by atomic mass is 32.2. The van der Waals surface area contributed by atoms with Crippen LogP contribution in [-0.2, 0) is 6.42 Å². The maximum atomic E-state index is 5.50. The Morgan fingerprint density at radius 3 is 2.73 bits per heavy atom. The molecule has 3 heteroatoms. The van der Waals surface area contributed by atoms with Gasteiger partial charge in [-0.05, 0) is 37.4 Å². The molecule has 1 saturated carbocycles. The molecule has 0 saturated heterocycles. The van der Waals surface area contributed by atoms with E-state index in [0.717, 1.165) is 11.7 Å². The predicted octanol–water partition coefficient (Wildman–Crippen LogP) is 2.62. The summed E-state index contributed by atoms with van der Waals surface area (Å²) in [7, 11) is 0. The predicted molar refractivity (Wildman–Crippen MR) is 65.1 cm³/mol. The van der Waals surface area contributed by atoms with Crippen LogP contribution < -0.4 is 5.73 Å². The monoisotopic (exact) mass is 222 g/mol. The molecule has 2 nitrogen and oxygen atoms in total. The molecule has 1 aromatic heterocycles. The van der Waals surface area contributed by atoms with Crippen LogP contribution in [0.3, 0.4) is 0 Å². The van der Waals surface area contributed by atoms with Crippen molar-refractivity contribution in [1.82, 2.24) is 4.98 Å². The maximum absolute atomic E-state index is 5.50. The Balaban J connectivity index is 1.91. The Bertz CT molecular complexity index is 291. The average molecular weight is 222 g/mol. The first-order valence-corrected chi connectivity index (χ1v) is 6.58. The van der Waals surface area contributed by atoms with Crippen molar-refractivity contribution in [2.45, 2.75) is 42.4 Å². The lowest BCUT2D eigenvalue weighted by Crippen LogP contribution is -2.03. The highest BCUT2D eigenvalue weighted by Crippen LogP contribution is 2.33. The first-order valence-electron chi connectivity index (χ1n) is 5.70.